The number of aromatic nitrogens is 2. The molecule has 31 heavy (non-hydrogen) atoms. The third kappa shape index (κ3) is 4.20. The lowest BCUT2D eigenvalue weighted by atomic mass is 9.96. The summed E-state index contributed by atoms with van der Waals surface area (Å²) in [6.07, 6.45) is -0.894. The van der Waals surface area contributed by atoms with Crippen LogP contribution >= 0.6 is 0 Å². The Kier molecular flexibility index (Phi) is 5.03. The van der Waals surface area contributed by atoms with Crippen LogP contribution in [0.2, 0.25) is 0 Å². The van der Waals surface area contributed by atoms with Gasteiger partial charge in [-0.25, -0.2) is 0 Å². The van der Waals surface area contributed by atoms with Crippen molar-refractivity contribution in [1.29, 1.82) is 0 Å². The van der Waals surface area contributed by atoms with Crippen LogP contribution < -0.4 is 5.32 Å². The average Bonchev–Trinajstić information content (AvgIpc) is 3.68. The first kappa shape index (κ1) is 20.5. The molecular weight excluding hydrogens is 409 g/mol. The Balaban J connectivity index is 1.15. The SMILES string of the molecule is O=C(N1CCC(c2nc(C3(CN[C@H]4CC4c4ccccc4)CC3)no2)CC1)C(F)(F)F. The number of carbonyl (C=O) groups is 1. The van der Waals surface area contributed by atoms with Crippen LogP contribution in [0.25, 0.3) is 0 Å². The Hall–Kier alpha value is -2.42. The van der Waals surface area contributed by atoms with Crippen LogP contribution in [-0.2, 0) is 10.2 Å². The number of halogens is 3. The molecule has 5 rings (SSSR count). The molecule has 1 saturated heterocycles. The largest absolute Gasteiger partial charge is 0.471 e. The van der Waals surface area contributed by atoms with E-state index in [0.29, 0.717) is 36.5 Å². The molecule has 1 N–H and O–H groups in total. The van der Waals surface area contributed by atoms with E-state index in [4.69, 9.17) is 4.52 Å². The molecule has 0 radical (unpaired) electrons. The van der Waals surface area contributed by atoms with Gasteiger partial charge in [0.05, 0.1) is 0 Å². The molecule has 1 aromatic heterocycles. The second-order valence-corrected chi connectivity index (χ2v) is 9.04. The van der Waals surface area contributed by atoms with E-state index in [2.05, 4.69) is 39.7 Å². The van der Waals surface area contributed by atoms with Crippen molar-refractivity contribution in [3.8, 4) is 0 Å². The van der Waals surface area contributed by atoms with Gasteiger partial charge in [-0.05, 0) is 37.7 Å². The van der Waals surface area contributed by atoms with Crippen molar-refractivity contribution in [1.82, 2.24) is 20.4 Å². The number of nitrogens with zero attached hydrogens (tertiary/aromatic N) is 3. The number of hydrogen-bond acceptors (Lipinski definition) is 5. The summed E-state index contributed by atoms with van der Waals surface area (Å²) < 4.78 is 43.3. The lowest BCUT2D eigenvalue weighted by Gasteiger charge is -2.30. The maximum atomic E-state index is 12.6. The maximum Gasteiger partial charge on any atom is 0.471 e. The van der Waals surface area contributed by atoms with Crippen LogP contribution in [0, 0.1) is 0 Å². The second-order valence-electron chi connectivity index (χ2n) is 9.04. The van der Waals surface area contributed by atoms with E-state index in [1.807, 2.05) is 6.07 Å². The molecule has 9 heteroatoms. The number of benzene rings is 1. The molecule has 1 unspecified atom stereocenters. The standard InChI is InChI=1S/C22H25F3N4O2/c23-22(24,25)20(30)29-10-6-15(7-11-29)18-27-19(28-31-18)21(8-9-21)13-26-17-12-16(17)14-4-2-1-3-5-14/h1-5,15-17,26H,6-13H2/t16?,17-/m0/s1. The lowest BCUT2D eigenvalue weighted by molar-refractivity contribution is -0.186. The van der Waals surface area contributed by atoms with Crippen molar-refractivity contribution in [2.45, 2.75) is 61.6 Å². The minimum absolute atomic E-state index is 0.0516. The van der Waals surface area contributed by atoms with Crippen molar-refractivity contribution in [3.05, 3.63) is 47.6 Å². The van der Waals surface area contributed by atoms with Crippen molar-refractivity contribution >= 4 is 5.91 Å². The van der Waals surface area contributed by atoms with Gasteiger partial charge in [-0.2, -0.15) is 18.2 Å². The molecule has 3 aliphatic rings. The first-order chi connectivity index (χ1) is 14.9. The van der Waals surface area contributed by atoms with Gasteiger partial charge in [-0.15, -0.1) is 0 Å². The topological polar surface area (TPSA) is 71.3 Å². The molecule has 1 aliphatic heterocycles. The zero-order valence-corrected chi connectivity index (χ0v) is 17.1. The van der Waals surface area contributed by atoms with E-state index in [1.165, 1.54) is 5.56 Å². The van der Waals surface area contributed by atoms with Gasteiger partial charge in [0.1, 0.15) is 0 Å². The van der Waals surface area contributed by atoms with Gasteiger partial charge in [0.25, 0.3) is 0 Å². The number of likely N-dealkylation sites (tertiary alicyclic amines) is 1. The van der Waals surface area contributed by atoms with E-state index in [-0.39, 0.29) is 24.4 Å². The van der Waals surface area contributed by atoms with Crippen molar-refractivity contribution < 1.29 is 22.5 Å². The number of rotatable bonds is 6. The molecule has 1 aromatic carbocycles. The molecule has 0 spiro atoms. The predicted octanol–water partition coefficient (Wildman–Crippen LogP) is 3.52. The van der Waals surface area contributed by atoms with Crippen LogP contribution in [0.5, 0.6) is 0 Å². The van der Waals surface area contributed by atoms with E-state index in [1.54, 1.807) is 0 Å². The highest BCUT2D eigenvalue weighted by Gasteiger charge is 2.50. The summed E-state index contributed by atoms with van der Waals surface area (Å²) in [4.78, 5) is 16.9. The van der Waals surface area contributed by atoms with Crippen molar-refractivity contribution in [2.24, 2.45) is 0 Å². The summed E-state index contributed by atoms with van der Waals surface area (Å²) in [6, 6.07) is 11.0. The molecule has 3 fully saturated rings. The maximum absolute atomic E-state index is 12.6. The van der Waals surface area contributed by atoms with E-state index in [9.17, 15) is 18.0 Å². The summed E-state index contributed by atoms with van der Waals surface area (Å²) in [5.41, 5.74) is 1.26. The van der Waals surface area contributed by atoms with Crippen molar-refractivity contribution in [2.75, 3.05) is 19.6 Å². The van der Waals surface area contributed by atoms with Gasteiger partial charge in [-0.3, -0.25) is 4.79 Å². The highest BCUT2D eigenvalue weighted by molar-refractivity contribution is 5.81. The number of nitrogens with one attached hydrogen (secondary N) is 1. The Morgan fingerprint density at radius 2 is 1.90 bits per heavy atom. The molecule has 2 aliphatic carbocycles. The Bertz CT molecular complexity index is 934. The zero-order valence-electron chi connectivity index (χ0n) is 17.1. The van der Waals surface area contributed by atoms with E-state index < -0.39 is 12.1 Å². The molecule has 2 saturated carbocycles. The van der Waals surface area contributed by atoms with Gasteiger partial charge in [-0.1, -0.05) is 35.5 Å². The van der Waals surface area contributed by atoms with E-state index in [0.717, 1.165) is 30.7 Å². The molecule has 166 valence electrons. The first-order valence-corrected chi connectivity index (χ1v) is 10.8. The Labute approximate surface area is 178 Å². The molecular formula is C22H25F3N4O2. The van der Waals surface area contributed by atoms with Crippen LogP contribution in [0.3, 0.4) is 0 Å². The fourth-order valence-corrected chi connectivity index (χ4v) is 4.57. The summed E-state index contributed by atoms with van der Waals surface area (Å²) in [5.74, 6) is -0.139. The molecule has 2 atom stereocenters. The monoisotopic (exact) mass is 434 g/mol. The van der Waals surface area contributed by atoms with Gasteiger partial charge in [0.15, 0.2) is 5.82 Å². The first-order valence-electron chi connectivity index (χ1n) is 10.8. The fraction of sp³-hybridized carbons (Fsp3) is 0.591. The number of hydrogen-bond donors (Lipinski definition) is 1. The summed E-state index contributed by atoms with van der Waals surface area (Å²) in [5, 5.41) is 7.86. The Morgan fingerprint density at radius 3 is 2.55 bits per heavy atom. The highest BCUT2D eigenvalue weighted by atomic mass is 19.4. The number of alkyl halides is 3. The Morgan fingerprint density at radius 1 is 1.19 bits per heavy atom. The molecule has 6 nitrogen and oxygen atoms in total. The second kappa shape index (κ2) is 7.62. The minimum Gasteiger partial charge on any atom is -0.339 e. The predicted molar refractivity (Wildman–Crippen MR) is 105 cm³/mol. The van der Waals surface area contributed by atoms with Gasteiger partial charge < -0.3 is 14.7 Å². The molecule has 0 bridgehead atoms. The fourth-order valence-electron chi connectivity index (χ4n) is 4.57. The number of carbonyl (C=O) groups excluding carboxylic acids is 1. The summed E-state index contributed by atoms with van der Waals surface area (Å²) in [6.45, 7) is 0.907. The highest BCUT2D eigenvalue weighted by Crippen LogP contribution is 2.48. The van der Waals surface area contributed by atoms with Crippen molar-refractivity contribution in [3.63, 3.8) is 0 Å². The normalized spacial score (nSPS) is 25.5. The van der Waals surface area contributed by atoms with Crippen LogP contribution in [-0.4, -0.2) is 52.8 Å². The number of amides is 1. The minimum atomic E-state index is -4.82. The van der Waals surface area contributed by atoms with Gasteiger partial charge in [0.2, 0.25) is 5.89 Å². The molecule has 2 aromatic rings. The smallest absolute Gasteiger partial charge is 0.339 e. The third-order valence-corrected chi connectivity index (χ3v) is 6.86. The summed E-state index contributed by atoms with van der Waals surface area (Å²) >= 11 is 0. The lowest BCUT2D eigenvalue weighted by Crippen LogP contribution is -2.45. The van der Waals surface area contributed by atoms with Gasteiger partial charge in [0, 0.05) is 42.9 Å². The van der Waals surface area contributed by atoms with Gasteiger partial charge >= 0.3 is 12.1 Å². The molecule has 1 amide bonds. The third-order valence-electron chi connectivity index (χ3n) is 6.86. The van der Waals surface area contributed by atoms with Crippen LogP contribution in [0.15, 0.2) is 34.9 Å². The zero-order chi connectivity index (χ0) is 21.6. The van der Waals surface area contributed by atoms with Crippen LogP contribution in [0.4, 0.5) is 13.2 Å². The average molecular weight is 434 g/mol. The van der Waals surface area contributed by atoms with Crippen LogP contribution in [0.1, 0.15) is 61.2 Å². The molecule has 2 heterocycles. The van der Waals surface area contributed by atoms with E-state index >= 15 is 0 Å². The summed E-state index contributed by atoms with van der Waals surface area (Å²) in [7, 11) is 0. The quantitative estimate of drug-likeness (QED) is 0.754. The number of piperidine rings is 1.